The molecule has 1 aromatic carbocycles. The summed E-state index contributed by atoms with van der Waals surface area (Å²) in [6.45, 7) is 1.08. The van der Waals surface area contributed by atoms with Gasteiger partial charge < -0.3 is 15.1 Å². The fourth-order valence-corrected chi connectivity index (χ4v) is 2.52. The van der Waals surface area contributed by atoms with Gasteiger partial charge in [0, 0.05) is 17.9 Å². The second kappa shape index (κ2) is 4.17. The van der Waals surface area contributed by atoms with E-state index in [9.17, 15) is 0 Å². The lowest BCUT2D eigenvalue weighted by Gasteiger charge is -2.25. The molecule has 88 valence electrons. The van der Waals surface area contributed by atoms with Crippen LogP contribution in [0, 0.1) is 0 Å². The standard InChI is InChI=1S/C14H16N2O/c15-11-5-7-12(8-6-11)16-9-1-3-13(16)14-4-2-10-17-14/h2,4-8,10,13H,1,3,9,15H2. The molecule has 1 aliphatic rings. The van der Waals surface area contributed by atoms with Crippen LogP contribution in [0.3, 0.4) is 0 Å². The fourth-order valence-electron chi connectivity index (χ4n) is 2.52. The average molecular weight is 228 g/mol. The molecule has 0 spiro atoms. The molecule has 0 saturated carbocycles. The largest absolute Gasteiger partial charge is 0.467 e. The van der Waals surface area contributed by atoms with E-state index in [1.807, 2.05) is 18.2 Å². The number of furan rings is 1. The number of benzene rings is 1. The van der Waals surface area contributed by atoms with Crippen molar-refractivity contribution in [2.24, 2.45) is 0 Å². The van der Waals surface area contributed by atoms with Gasteiger partial charge in [0.2, 0.25) is 0 Å². The number of hydrogen-bond donors (Lipinski definition) is 1. The van der Waals surface area contributed by atoms with Gasteiger partial charge in [-0.15, -0.1) is 0 Å². The smallest absolute Gasteiger partial charge is 0.126 e. The van der Waals surface area contributed by atoms with Gasteiger partial charge in [0.15, 0.2) is 0 Å². The van der Waals surface area contributed by atoms with E-state index in [-0.39, 0.29) is 0 Å². The molecule has 2 aromatic rings. The second-order valence-corrected chi connectivity index (χ2v) is 4.46. The molecule has 0 bridgehead atoms. The third-order valence-electron chi connectivity index (χ3n) is 3.35. The van der Waals surface area contributed by atoms with Crippen molar-refractivity contribution in [3.63, 3.8) is 0 Å². The van der Waals surface area contributed by atoms with Crippen molar-refractivity contribution in [3.8, 4) is 0 Å². The van der Waals surface area contributed by atoms with Gasteiger partial charge in [0.1, 0.15) is 5.76 Å². The number of nitrogens with two attached hydrogens (primary N) is 1. The Kier molecular flexibility index (Phi) is 2.52. The fraction of sp³-hybridized carbons (Fsp3) is 0.286. The summed E-state index contributed by atoms with van der Waals surface area (Å²) in [6, 6.07) is 12.4. The van der Waals surface area contributed by atoms with E-state index in [4.69, 9.17) is 10.2 Å². The van der Waals surface area contributed by atoms with Crippen LogP contribution < -0.4 is 10.6 Å². The van der Waals surface area contributed by atoms with E-state index in [1.54, 1.807) is 6.26 Å². The molecule has 3 rings (SSSR count). The van der Waals surface area contributed by atoms with Crippen LogP contribution in [0.15, 0.2) is 47.1 Å². The molecule has 1 aliphatic heterocycles. The molecule has 17 heavy (non-hydrogen) atoms. The molecule has 0 radical (unpaired) electrons. The van der Waals surface area contributed by atoms with E-state index < -0.39 is 0 Å². The quantitative estimate of drug-likeness (QED) is 0.802. The minimum atomic E-state index is 0.369. The third-order valence-corrected chi connectivity index (χ3v) is 3.35. The Balaban J connectivity index is 1.89. The van der Waals surface area contributed by atoms with Gasteiger partial charge in [0.25, 0.3) is 0 Å². The van der Waals surface area contributed by atoms with Crippen molar-refractivity contribution in [3.05, 3.63) is 48.4 Å². The zero-order valence-electron chi connectivity index (χ0n) is 9.67. The third kappa shape index (κ3) is 1.88. The van der Waals surface area contributed by atoms with Crippen LogP contribution >= 0.6 is 0 Å². The molecule has 1 aromatic heterocycles. The van der Waals surface area contributed by atoms with Crippen molar-refractivity contribution in [2.75, 3.05) is 17.2 Å². The van der Waals surface area contributed by atoms with Crippen LogP contribution in [0.4, 0.5) is 11.4 Å². The lowest BCUT2D eigenvalue weighted by Crippen LogP contribution is -2.21. The summed E-state index contributed by atoms with van der Waals surface area (Å²) in [5, 5.41) is 0. The van der Waals surface area contributed by atoms with E-state index in [0.29, 0.717) is 6.04 Å². The molecule has 2 heterocycles. The van der Waals surface area contributed by atoms with Gasteiger partial charge >= 0.3 is 0 Å². The Bertz CT molecular complexity index is 475. The monoisotopic (exact) mass is 228 g/mol. The Morgan fingerprint density at radius 1 is 1.18 bits per heavy atom. The minimum absolute atomic E-state index is 0.369. The van der Waals surface area contributed by atoms with Crippen molar-refractivity contribution < 1.29 is 4.42 Å². The summed E-state index contributed by atoms with van der Waals surface area (Å²) in [5.74, 6) is 1.05. The molecule has 0 amide bonds. The summed E-state index contributed by atoms with van der Waals surface area (Å²) in [7, 11) is 0. The van der Waals surface area contributed by atoms with Gasteiger partial charge in [-0.05, 0) is 49.2 Å². The zero-order chi connectivity index (χ0) is 11.7. The number of anilines is 2. The first kappa shape index (κ1) is 10.3. The highest BCUT2D eigenvalue weighted by Gasteiger charge is 2.27. The minimum Gasteiger partial charge on any atom is -0.467 e. The van der Waals surface area contributed by atoms with Crippen molar-refractivity contribution >= 4 is 11.4 Å². The highest BCUT2D eigenvalue weighted by Crippen LogP contribution is 2.36. The predicted octanol–water partition coefficient (Wildman–Crippen LogP) is 3.20. The van der Waals surface area contributed by atoms with Crippen molar-refractivity contribution in [2.45, 2.75) is 18.9 Å². The molecule has 2 N–H and O–H groups in total. The first-order valence-electron chi connectivity index (χ1n) is 6.00. The molecular formula is C14H16N2O. The molecule has 3 heteroatoms. The molecule has 3 nitrogen and oxygen atoms in total. The molecule has 1 fully saturated rings. The van der Waals surface area contributed by atoms with Crippen molar-refractivity contribution in [1.29, 1.82) is 0 Å². The maximum absolute atomic E-state index is 5.72. The number of rotatable bonds is 2. The first-order chi connectivity index (χ1) is 8.34. The summed E-state index contributed by atoms with van der Waals surface area (Å²) in [5.41, 5.74) is 7.75. The van der Waals surface area contributed by atoms with Crippen LogP contribution in [0.2, 0.25) is 0 Å². The summed E-state index contributed by atoms with van der Waals surface area (Å²) >= 11 is 0. The van der Waals surface area contributed by atoms with E-state index >= 15 is 0 Å². The van der Waals surface area contributed by atoms with Crippen LogP contribution in [-0.4, -0.2) is 6.54 Å². The van der Waals surface area contributed by atoms with Crippen molar-refractivity contribution in [1.82, 2.24) is 0 Å². The molecular weight excluding hydrogens is 212 g/mol. The molecule has 1 saturated heterocycles. The highest BCUT2D eigenvalue weighted by atomic mass is 16.3. The van der Waals surface area contributed by atoms with E-state index in [1.165, 1.54) is 12.1 Å². The summed E-state index contributed by atoms with van der Waals surface area (Å²) < 4.78 is 5.53. The normalized spacial score (nSPS) is 19.8. The Hall–Kier alpha value is -1.90. The van der Waals surface area contributed by atoms with Crippen LogP contribution in [0.25, 0.3) is 0 Å². The molecule has 1 unspecified atom stereocenters. The van der Waals surface area contributed by atoms with Gasteiger partial charge in [-0.25, -0.2) is 0 Å². The highest BCUT2D eigenvalue weighted by molar-refractivity contribution is 5.54. The van der Waals surface area contributed by atoms with Gasteiger partial charge in [-0.1, -0.05) is 0 Å². The van der Waals surface area contributed by atoms with Crippen LogP contribution in [-0.2, 0) is 0 Å². The van der Waals surface area contributed by atoms with Gasteiger partial charge in [-0.3, -0.25) is 0 Å². The van der Waals surface area contributed by atoms with Crippen LogP contribution in [0.5, 0.6) is 0 Å². The molecule has 0 aliphatic carbocycles. The lowest BCUT2D eigenvalue weighted by atomic mass is 10.1. The summed E-state index contributed by atoms with van der Waals surface area (Å²) in [6.07, 6.45) is 4.10. The topological polar surface area (TPSA) is 42.4 Å². The maximum atomic E-state index is 5.72. The van der Waals surface area contributed by atoms with Crippen LogP contribution in [0.1, 0.15) is 24.6 Å². The Morgan fingerprint density at radius 3 is 2.71 bits per heavy atom. The lowest BCUT2D eigenvalue weighted by molar-refractivity contribution is 0.465. The average Bonchev–Trinajstić information content (AvgIpc) is 3.00. The van der Waals surface area contributed by atoms with E-state index in [0.717, 1.165) is 24.4 Å². The molecule has 1 atom stereocenters. The first-order valence-corrected chi connectivity index (χ1v) is 6.00. The number of hydrogen-bond acceptors (Lipinski definition) is 3. The zero-order valence-corrected chi connectivity index (χ0v) is 9.67. The van der Waals surface area contributed by atoms with Gasteiger partial charge in [-0.2, -0.15) is 0 Å². The maximum Gasteiger partial charge on any atom is 0.126 e. The Morgan fingerprint density at radius 2 is 2.00 bits per heavy atom. The van der Waals surface area contributed by atoms with E-state index in [2.05, 4.69) is 23.1 Å². The Labute approximate surface area is 101 Å². The number of nitrogens with zero attached hydrogens (tertiary/aromatic N) is 1. The SMILES string of the molecule is Nc1ccc(N2CCCC2c2ccco2)cc1. The number of nitrogen functional groups attached to an aromatic ring is 1. The predicted molar refractivity (Wildman–Crippen MR) is 68.9 cm³/mol. The van der Waals surface area contributed by atoms with Gasteiger partial charge in [0.05, 0.1) is 12.3 Å². The second-order valence-electron chi connectivity index (χ2n) is 4.46. The summed E-state index contributed by atoms with van der Waals surface area (Å²) in [4.78, 5) is 2.39.